The van der Waals surface area contributed by atoms with Gasteiger partial charge in [0.25, 0.3) is 0 Å². The zero-order chi connectivity index (χ0) is 29.7. The van der Waals surface area contributed by atoms with Crippen molar-refractivity contribution in [2.24, 2.45) is 23.2 Å². The molecule has 9 rings (SSSR count). The molecule has 0 atom stereocenters. The summed E-state index contributed by atoms with van der Waals surface area (Å²) < 4.78 is 4.78. The summed E-state index contributed by atoms with van der Waals surface area (Å²) in [6.45, 7) is 14.3. The van der Waals surface area contributed by atoms with Crippen molar-refractivity contribution in [2.75, 3.05) is 0 Å². The van der Waals surface area contributed by atoms with Crippen molar-refractivity contribution >= 4 is 3.21 Å². The van der Waals surface area contributed by atoms with Crippen molar-refractivity contribution in [2.45, 2.75) is 133 Å². The van der Waals surface area contributed by atoms with Crippen molar-refractivity contribution in [3.05, 3.63) is 79.7 Å². The van der Waals surface area contributed by atoms with E-state index in [0.717, 1.165) is 17.8 Å². The second-order valence-corrected chi connectivity index (χ2v) is 24.5. The summed E-state index contributed by atoms with van der Waals surface area (Å²) >= 11 is -2.30. The minimum absolute atomic E-state index is 0. The Morgan fingerprint density at radius 2 is 1.16 bits per heavy atom. The molecular formula is C42H54Cl2Zr. The molecule has 2 aromatic rings. The first-order valence-electron chi connectivity index (χ1n) is 17.9. The molecule has 2 aromatic carbocycles. The number of rotatable bonds is 3. The summed E-state index contributed by atoms with van der Waals surface area (Å²) in [7, 11) is 0. The van der Waals surface area contributed by atoms with Crippen LogP contribution in [0.2, 0.25) is 0 Å². The Morgan fingerprint density at radius 1 is 0.667 bits per heavy atom. The van der Waals surface area contributed by atoms with Gasteiger partial charge in [-0.2, -0.15) is 0 Å². The Kier molecular flexibility index (Phi) is 9.32. The maximum atomic E-state index is 2.72. The van der Waals surface area contributed by atoms with Gasteiger partial charge in [0.2, 0.25) is 0 Å². The van der Waals surface area contributed by atoms with E-state index in [1.54, 1.807) is 41.5 Å². The molecule has 0 N–H and O–H groups in total. The van der Waals surface area contributed by atoms with Crippen LogP contribution in [0.25, 0.3) is 11.1 Å². The first-order chi connectivity index (χ1) is 20.5. The SMILES string of the molecule is CC(C)(C)c1ccc2c(c1)-c1cc(C(C)(C)C)ccc1[CH]2[Zr+2]([C]1=C(C23CC4CC(CC(C4)C2)C3)C=CC1)=[C]1CCCCC1.[Cl-].[Cl-]. The van der Waals surface area contributed by atoms with Gasteiger partial charge in [-0.05, 0) is 0 Å². The molecule has 0 nitrogen and oxygen atoms in total. The molecule has 45 heavy (non-hydrogen) atoms. The topological polar surface area (TPSA) is 0 Å². The smallest absolute Gasteiger partial charge is 1.00 e. The number of benzene rings is 2. The molecule has 0 amide bonds. The van der Waals surface area contributed by atoms with Crippen LogP contribution in [0.1, 0.15) is 144 Å². The van der Waals surface area contributed by atoms with E-state index in [2.05, 4.69) is 93.3 Å². The standard InChI is InChI=1S/C21H25.C15H19.C6H10.2ClH.Zr/c1-20(2,3)16-9-7-14-11-15-8-10-17(21(4,5)6)13-19(15)18(14)12-16;1-2-4-14(3-1)15-8-11-5-12(9-15)7-13(6-11)10-15;1-2-4-6-5-3-1;;;/h7-13H,1-6H3;1,3,11-13H,2,5-10H2;1-5H2;2*1H;/q;;;;;+2/p-2. The Labute approximate surface area is 294 Å². The first kappa shape index (κ1) is 34.1. The molecular weight excluding hydrogens is 667 g/mol. The third-order valence-corrected chi connectivity index (χ3v) is 21.6. The number of fused-ring (bicyclic) bond motifs is 3. The molecule has 3 heteroatoms. The second-order valence-electron chi connectivity index (χ2n) is 17.8. The second kappa shape index (κ2) is 12.3. The number of halogens is 2. The summed E-state index contributed by atoms with van der Waals surface area (Å²) in [4.78, 5) is 0. The predicted molar refractivity (Wildman–Crippen MR) is 181 cm³/mol. The molecule has 0 saturated heterocycles. The van der Waals surface area contributed by atoms with Crippen molar-refractivity contribution in [3.8, 4) is 11.1 Å². The number of hydrogen-bond acceptors (Lipinski definition) is 0. The normalized spacial score (nSPS) is 28.4. The van der Waals surface area contributed by atoms with E-state index in [4.69, 9.17) is 0 Å². The molecule has 7 aliphatic carbocycles. The summed E-state index contributed by atoms with van der Waals surface area (Å²) in [5.41, 5.74) is 12.3. The average Bonchev–Trinajstić information content (AvgIpc) is 3.56. The molecule has 0 unspecified atom stereocenters. The average molecular weight is 721 g/mol. The first-order valence-corrected chi connectivity index (χ1v) is 21.8. The van der Waals surface area contributed by atoms with E-state index in [-0.39, 0.29) is 35.6 Å². The van der Waals surface area contributed by atoms with E-state index in [1.807, 2.05) is 8.85 Å². The van der Waals surface area contributed by atoms with Gasteiger partial charge in [-0.25, -0.2) is 0 Å². The van der Waals surface area contributed by atoms with Gasteiger partial charge < -0.3 is 24.8 Å². The fourth-order valence-corrected chi connectivity index (χ4v) is 21.3. The van der Waals surface area contributed by atoms with Gasteiger partial charge >= 0.3 is 271 Å². The summed E-state index contributed by atoms with van der Waals surface area (Å²) in [5, 5.41) is 0. The molecule has 0 aromatic heterocycles. The predicted octanol–water partition coefficient (Wildman–Crippen LogP) is 5.54. The monoisotopic (exact) mass is 718 g/mol. The van der Waals surface area contributed by atoms with Gasteiger partial charge in [-0.3, -0.25) is 0 Å². The van der Waals surface area contributed by atoms with Crippen LogP contribution in [0.4, 0.5) is 0 Å². The minimum Gasteiger partial charge on any atom is -1.00 e. The Morgan fingerprint density at radius 3 is 1.62 bits per heavy atom. The number of allylic oxidation sites excluding steroid dienone is 4. The van der Waals surface area contributed by atoms with E-state index in [1.165, 1.54) is 68.9 Å². The summed E-state index contributed by atoms with van der Waals surface area (Å²) in [5.74, 6) is 3.05. The van der Waals surface area contributed by atoms with Crippen LogP contribution in [0.15, 0.2) is 57.4 Å². The van der Waals surface area contributed by atoms with E-state index < -0.39 is 21.3 Å². The van der Waals surface area contributed by atoms with Crippen LogP contribution in [0.5, 0.6) is 0 Å². The molecule has 4 bridgehead atoms. The van der Waals surface area contributed by atoms with Crippen molar-refractivity contribution in [1.29, 1.82) is 0 Å². The zero-order valence-corrected chi connectivity index (χ0v) is 32.6. The van der Waals surface area contributed by atoms with Crippen molar-refractivity contribution in [3.63, 3.8) is 0 Å². The van der Waals surface area contributed by atoms with Gasteiger partial charge in [0.1, 0.15) is 0 Å². The fraction of sp³-hybridized carbons (Fsp3) is 0.595. The van der Waals surface area contributed by atoms with Crippen molar-refractivity contribution < 1.29 is 46.1 Å². The van der Waals surface area contributed by atoms with Crippen LogP contribution >= 0.6 is 0 Å². The Balaban J connectivity index is 0.00000179. The summed E-state index contributed by atoms with van der Waals surface area (Å²) in [6, 6.07) is 15.5. The fourth-order valence-electron chi connectivity index (χ4n) is 11.0. The third-order valence-electron chi connectivity index (χ3n) is 12.7. The molecule has 5 fully saturated rings. The Hall–Kier alpha value is -0.747. The molecule has 0 radical (unpaired) electrons. The maximum Gasteiger partial charge on any atom is -1.00 e. The van der Waals surface area contributed by atoms with E-state index in [9.17, 15) is 0 Å². The van der Waals surface area contributed by atoms with Gasteiger partial charge in [0.15, 0.2) is 0 Å². The van der Waals surface area contributed by atoms with Crippen molar-refractivity contribution in [1.82, 2.24) is 0 Å². The number of hydrogen-bond donors (Lipinski definition) is 0. The third kappa shape index (κ3) is 5.84. The molecule has 0 spiro atoms. The van der Waals surface area contributed by atoms with Crippen LogP contribution in [0, 0.1) is 23.2 Å². The van der Waals surface area contributed by atoms with Crippen LogP contribution in [-0.2, 0) is 32.1 Å². The van der Waals surface area contributed by atoms with Crippen LogP contribution in [-0.4, -0.2) is 3.21 Å². The molecule has 7 aliphatic rings. The zero-order valence-electron chi connectivity index (χ0n) is 28.7. The van der Waals surface area contributed by atoms with E-state index >= 15 is 0 Å². The maximum absolute atomic E-state index is 2.72. The van der Waals surface area contributed by atoms with Gasteiger partial charge in [0, 0.05) is 0 Å². The quantitative estimate of drug-likeness (QED) is 0.391. The Bertz CT molecular complexity index is 1470. The molecule has 0 heterocycles. The van der Waals surface area contributed by atoms with Crippen LogP contribution < -0.4 is 24.8 Å². The molecule has 5 saturated carbocycles. The summed E-state index contributed by atoms with van der Waals surface area (Å²) in [6.07, 6.45) is 23.0. The van der Waals surface area contributed by atoms with Gasteiger partial charge in [-0.15, -0.1) is 0 Å². The van der Waals surface area contributed by atoms with E-state index in [0.29, 0.717) is 9.04 Å². The molecule has 0 aliphatic heterocycles. The largest absolute Gasteiger partial charge is 1.00 e. The van der Waals surface area contributed by atoms with Gasteiger partial charge in [0.05, 0.1) is 0 Å². The minimum atomic E-state index is -2.30. The molecule has 240 valence electrons. The van der Waals surface area contributed by atoms with Gasteiger partial charge in [-0.1, -0.05) is 0 Å². The van der Waals surface area contributed by atoms with Crippen LogP contribution in [0.3, 0.4) is 0 Å².